The van der Waals surface area contributed by atoms with Gasteiger partial charge in [0.2, 0.25) is 0 Å². The fraction of sp³-hybridized carbons (Fsp3) is 0.909. The van der Waals surface area contributed by atoms with E-state index in [-0.39, 0.29) is 24.3 Å². The third kappa shape index (κ3) is 5.02. The van der Waals surface area contributed by atoms with Crippen molar-refractivity contribution in [2.24, 2.45) is 0 Å². The van der Waals surface area contributed by atoms with Gasteiger partial charge in [-0.05, 0) is 33.1 Å². The molecule has 0 radical (unpaired) electrons. The van der Waals surface area contributed by atoms with Crippen molar-refractivity contribution in [3.05, 3.63) is 0 Å². The molecule has 15 heavy (non-hydrogen) atoms. The lowest BCUT2D eigenvalue weighted by atomic mass is 10.1. The Labute approximate surface area is 91.0 Å². The summed E-state index contributed by atoms with van der Waals surface area (Å²) in [6.45, 7) is 3.64. The number of aliphatic hydroxyl groups is 1. The zero-order chi connectivity index (χ0) is 11.3. The number of nitrogens with one attached hydrogen (secondary N) is 1. The van der Waals surface area contributed by atoms with Crippen molar-refractivity contribution in [1.29, 1.82) is 0 Å². The van der Waals surface area contributed by atoms with Crippen molar-refractivity contribution in [2.75, 3.05) is 0 Å². The first-order valence-corrected chi connectivity index (χ1v) is 5.73. The Kier molecular flexibility index (Phi) is 4.88. The van der Waals surface area contributed by atoms with Crippen LogP contribution in [-0.4, -0.2) is 29.4 Å². The molecule has 0 unspecified atom stereocenters. The lowest BCUT2D eigenvalue weighted by Crippen LogP contribution is -2.37. The molecule has 0 heterocycles. The SMILES string of the molecule is CC(C)OC(=O)N[C@@H]1CCCC[C@H](O)C1. The highest BCUT2D eigenvalue weighted by atomic mass is 16.6. The largest absolute Gasteiger partial charge is 0.447 e. The number of carbonyl (C=O) groups excluding carboxylic acids is 1. The van der Waals surface area contributed by atoms with Gasteiger partial charge in [0.25, 0.3) is 0 Å². The summed E-state index contributed by atoms with van der Waals surface area (Å²) in [4.78, 5) is 11.3. The van der Waals surface area contributed by atoms with E-state index in [0.29, 0.717) is 6.42 Å². The van der Waals surface area contributed by atoms with Gasteiger partial charge in [0.15, 0.2) is 0 Å². The van der Waals surface area contributed by atoms with Gasteiger partial charge in [-0.1, -0.05) is 12.8 Å². The van der Waals surface area contributed by atoms with Crippen LogP contribution in [0.3, 0.4) is 0 Å². The molecular weight excluding hydrogens is 194 g/mol. The summed E-state index contributed by atoms with van der Waals surface area (Å²) in [7, 11) is 0. The van der Waals surface area contributed by atoms with E-state index in [1.54, 1.807) is 0 Å². The molecule has 0 aromatic carbocycles. The van der Waals surface area contributed by atoms with Crippen molar-refractivity contribution in [2.45, 2.75) is 64.2 Å². The molecule has 2 atom stereocenters. The van der Waals surface area contributed by atoms with Crippen molar-refractivity contribution in [3.63, 3.8) is 0 Å². The van der Waals surface area contributed by atoms with E-state index in [1.165, 1.54) is 0 Å². The van der Waals surface area contributed by atoms with Gasteiger partial charge in [0.1, 0.15) is 0 Å². The number of amides is 1. The number of carbonyl (C=O) groups is 1. The maximum Gasteiger partial charge on any atom is 0.407 e. The average Bonchev–Trinajstić information content (AvgIpc) is 2.28. The second-order valence-electron chi connectivity index (χ2n) is 4.47. The molecule has 88 valence electrons. The minimum atomic E-state index is -0.371. The molecule has 0 saturated heterocycles. The number of rotatable bonds is 2. The Bertz CT molecular complexity index is 206. The Morgan fingerprint density at radius 3 is 2.73 bits per heavy atom. The standard InChI is InChI=1S/C11H21NO3/c1-8(2)15-11(14)12-9-5-3-4-6-10(13)7-9/h8-10,13H,3-7H2,1-2H3,(H,12,14)/t9-,10+/m1/s1. The summed E-state index contributed by atoms with van der Waals surface area (Å²) >= 11 is 0. The molecule has 1 aliphatic carbocycles. The number of aliphatic hydroxyl groups excluding tert-OH is 1. The third-order valence-corrected chi connectivity index (χ3v) is 2.56. The Morgan fingerprint density at radius 2 is 2.07 bits per heavy atom. The highest BCUT2D eigenvalue weighted by Gasteiger charge is 2.20. The predicted molar refractivity (Wildman–Crippen MR) is 57.6 cm³/mol. The molecule has 0 bridgehead atoms. The molecule has 1 rings (SSSR count). The summed E-state index contributed by atoms with van der Waals surface area (Å²) in [6, 6.07) is 0.0637. The number of hydrogen-bond acceptors (Lipinski definition) is 3. The summed E-state index contributed by atoms with van der Waals surface area (Å²) in [6.07, 6.45) is 3.78. The molecule has 1 saturated carbocycles. The molecule has 0 aliphatic heterocycles. The first-order valence-electron chi connectivity index (χ1n) is 5.73. The number of hydrogen-bond donors (Lipinski definition) is 2. The van der Waals surface area contributed by atoms with Crippen molar-refractivity contribution in [3.8, 4) is 0 Å². The second kappa shape index (κ2) is 5.95. The molecule has 4 heteroatoms. The Balaban J connectivity index is 2.32. The van der Waals surface area contributed by atoms with Crippen LogP contribution in [0.5, 0.6) is 0 Å². The molecular formula is C11H21NO3. The fourth-order valence-electron chi connectivity index (χ4n) is 1.88. The van der Waals surface area contributed by atoms with Crippen LogP contribution in [0.25, 0.3) is 0 Å². The average molecular weight is 215 g/mol. The molecule has 0 spiro atoms. The molecule has 0 aromatic rings. The lowest BCUT2D eigenvalue weighted by Gasteiger charge is -2.18. The van der Waals surface area contributed by atoms with Gasteiger partial charge in [-0.2, -0.15) is 0 Å². The van der Waals surface area contributed by atoms with Crippen LogP contribution < -0.4 is 5.32 Å². The van der Waals surface area contributed by atoms with Gasteiger partial charge < -0.3 is 15.2 Å². The lowest BCUT2D eigenvalue weighted by molar-refractivity contribution is 0.105. The summed E-state index contributed by atoms with van der Waals surface area (Å²) in [5, 5.41) is 12.4. The van der Waals surface area contributed by atoms with E-state index in [1.807, 2.05) is 13.8 Å². The van der Waals surface area contributed by atoms with Gasteiger partial charge in [0.05, 0.1) is 12.2 Å². The summed E-state index contributed by atoms with van der Waals surface area (Å²) in [5.74, 6) is 0. The highest BCUT2D eigenvalue weighted by molar-refractivity contribution is 5.67. The third-order valence-electron chi connectivity index (χ3n) is 2.56. The van der Waals surface area contributed by atoms with Crippen LogP contribution in [0.2, 0.25) is 0 Å². The van der Waals surface area contributed by atoms with Crippen LogP contribution in [0.1, 0.15) is 46.0 Å². The van der Waals surface area contributed by atoms with E-state index in [9.17, 15) is 9.90 Å². The topological polar surface area (TPSA) is 58.6 Å². The van der Waals surface area contributed by atoms with Crippen LogP contribution in [0, 0.1) is 0 Å². The zero-order valence-electron chi connectivity index (χ0n) is 9.53. The normalized spacial score (nSPS) is 27.2. The van der Waals surface area contributed by atoms with Gasteiger partial charge in [-0.15, -0.1) is 0 Å². The molecule has 1 fully saturated rings. The van der Waals surface area contributed by atoms with Crippen LogP contribution >= 0.6 is 0 Å². The van der Waals surface area contributed by atoms with Gasteiger partial charge in [0, 0.05) is 6.04 Å². The van der Waals surface area contributed by atoms with E-state index >= 15 is 0 Å². The maximum absolute atomic E-state index is 11.3. The van der Waals surface area contributed by atoms with Crippen molar-refractivity contribution >= 4 is 6.09 Å². The summed E-state index contributed by atoms with van der Waals surface area (Å²) in [5.41, 5.74) is 0. The van der Waals surface area contributed by atoms with Gasteiger partial charge in [-0.25, -0.2) is 4.79 Å². The van der Waals surface area contributed by atoms with E-state index in [0.717, 1.165) is 25.7 Å². The van der Waals surface area contributed by atoms with Crippen molar-refractivity contribution in [1.82, 2.24) is 5.32 Å². The quantitative estimate of drug-likeness (QED) is 0.691. The van der Waals surface area contributed by atoms with Crippen molar-refractivity contribution < 1.29 is 14.6 Å². The summed E-state index contributed by atoms with van der Waals surface area (Å²) < 4.78 is 5.00. The molecule has 1 aliphatic rings. The fourth-order valence-corrected chi connectivity index (χ4v) is 1.88. The minimum Gasteiger partial charge on any atom is -0.447 e. The van der Waals surface area contributed by atoms with Crippen LogP contribution in [-0.2, 0) is 4.74 Å². The Hall–Kier alpha value is -0.770. The van der Waals surface area contributed by atoms with Gasteiger partial charge >= 0.3 is 6.09 Å². The number of ether oxygens (including phenoxy) is 1. The van der Waals surface area contributed by atoms with Crippen LogP contribution in [0.4, 0.5) is 4.79 Å². The maximum atomic E-state index is 11.3. The van der Waals surface area contributed by atoms with Gasteiger partial charge in [-0.3, -0.25) is 0 Å². The van der Waals surface area contributed by atoms with Crippen LogP contribution in [0.15, 0.2) is 0 Å². The minimum absolute atomic E-state index is 0.0637. The molecule has 2 N–H and O–H groups in total. The van der Waals surface area contributed by atoms with E-state index < -0.39 is 0 Å². The predicted octanol–water partition coefficient (Wildman–Crippen LogP) is 1.81. The highest BCUT2D eigenvalue weighted by Crippen LogP contribution is 2.18. The first kappa shape index (κ1) is 12.3. The molecule has 4 nitrogen and oxygen atoms in total. The monoisotopic (exact) mass is 215 g/mol. The second-order valence-corrected chi connectivity index (χ2v) is 4.47. The molecule has 0 aromatic heterocycles. The Morgan fingerprint density at radius 1 is 1.40 bits per heavy atom. The van der Waals surface area contributed by atoms with E-state index in [4.69, 9.17) is 4.74 Å². The molecule has 1 amide bonds. The first-order chi connectivity index (χ1) is 7.08. The zero-order valence-corrected chi connectivity index (χ0v) is 9.53. The number of alkyl carbamates (subject to hydrolysis) is 1. The smallest absolute Gasteiger partial charge is 0.407 e. The van der Waals surface area contributed by atoms with E-state index in [2.05, 4.69) is 5.32 Å².